The first-order chi connectivity index (χ1) is 11.3. The Hall–Kier alpha value is -2.21. The number of anilines is 2. The number of nitrogens with zero attached hydrogens (tertiary/aromatic N) is 5. The molecule has 3 heterocycles. The molecule has 0 bridgehead atoms. The largest absolute Gasteiger partial charge is 0.370 e. The lowest BCUT2D eigenvalue weighted by atomic mass is 10.3. The maximum atomic E-state index is 4.46. The maximum Gasteiger partial charge on any atom is 0.225 e. The molecule has 2 aromatic heterocycles. The van der Waals surface area contributed by atoms with E-state index in [4.69, 9.17) is 0 Å². The number of hydrogen-bond acceptors (Lipinski definition) is 6. The fraction of sp³-hybridized carbons (Fsp3) is 0.471. The van der Waals surface area contributed by atoms with Gasteiger partial charge in [-0.3, -0.25) is 4.90 Å². The van der Waals surface area contributed by atoms with Crippen LogP contribution in [0.1, 0.15) is 12.1 Å². The van der Waals surface area contributed by atoms with Crippen molar-refractivity contribution in [2.75, 3.05) is 49.5 Å². The van der Waals surface area contributed by atoms with Gasteiger partial charge in [0.1, 0.15) is 5.82 Å². The van der Waals surface area contributed by atoms with E-state index < -0.39 is 0 Å². The molecular weight excluding hydrogens is 288 g/mol. The number of rotatable bonds is 6. The molecule has 0 radical (unpaired) electrons. The van der Waals surface area contributed by atoms with Crippen LogP contribution in [0, 0.1) is 6.92 Å². The molecule has 0 spiro atoms. The Bertz CT molecular complexity index is 595. The molecule has 0 unspecified atom stereocenters. The predicted molar refractivity (Wildman–Crippen MR) is 92.8 cm³/mol. The van der Waals surface area contributed by atoms with Crippen molar-refractivity contribution in [3.8, 4) is 0 Å². The molecule has 0 atom stereocenters. The van der Waals surface area contributed by atoms with E-state index in [1.54, 1.807) is 12.4 Å². The van der Waals surface area contributed by atoms with Crippen LogP contribution in [0.3, 0.4) is 0 Å². The van der Waals surface area contributed by atoms with Gasteiger partial charge in [-0.25, -0.2) is 15.0 Å². The van der Waals surface area contributed by atoms with Crippen molar-refractivity contribution < 1.29 is 0 Å². The molecule has 6 nitrogen and oxygen atoms in total. The van der Waals surface area contributed by atoms with E-state index in [1.165, 1.54) is 0 Å². The second-order valence-electron chi connectivity index (χ2n) is 5.82. The molecule has 122 valence electrons. The van der Waals surface area contributed by atoms with Crippen molar-refractivity contribution in [1.82, 2.24) is 19.9 Å². The van der Waals surface area contributed by atoms with Gasteiger partial charge in [0, 0.05) is 50.8 Å². The molecule has 0 aliphatic carbocycles. The Balaban J connectivity index is 1.35. The quantitative estimate of drug-likeness (QED) is 0.821. The highest BCUT2D eigenvalue weighted by Crippen LogP contribution is 2.10. The highest BCUT2D eigenvalue weighted by molar-refractivity contribution is 5.34. The summed E-state index contributed by atoms with van der Waals surface area (Å²) in [6, 6.07) is 7.93. The Kier molecular flexibility index (Phi) is 5.37. The molecule has 0 amide bonds. The first-order valence-corrected chi connectivity index (χ1v) is 8.23. The lowest BCUT2D eigenvalue weighted by Crippen LogP contribution is -2.47. The monoisotopic (exact) mass is 312 g/mol. The first kappa shape index (κ1) is 15.7. The van der Waals surface area contributed by atoms with Gasteiger partial charge in [-0.1, -0.05) is 6.07 Å². The van der Waals surface area contributed by atoms with E-state index in [9.17, 15) is 0 Å². The summed E-state index contributed by atoms with van der Waals surface area (Å²) in [4.78, 5) is 17.9. The van der Waals surface area contributed by atoms with Gasteiger partial charge in [0.2, 0.25) is 5.95 Å². The van der Waals surface area contributed by atoms with Gasteiger partial charge in [0.25, 0.3) is 0 Å². The van der Waals surface area contributed by atoms with Crippen molar-refractivity contribution in [2.24, 2.45) is 0 Å². The lowest BCUT2D eigenvalue weighted by molar-refractivity contribution is 0.256. The zero-order chi connectivity index (χ0) is 15.9. The van der Waals surface area contributed by atoms with E-state index in [1.807, 2.05) is 31.2 Å². The second kappa shape index (κ2) is 7.87. The van der Waals surface area contributed by atoms with Crippen LogP contribution in [0.15, 0.2) is 36.7 Å². The molecule has 2 aromatic rings. The molecule has 1 N–H and O–H groups in total. The molecule has 1 aliphatic heterocycles. The van der Waals surface area contributed by atoms with Crippen molar-refractivity contribution >= 4 is 11.8 Å². The summed E-state index contributed by atoms with van der Waals surface area (Å²) in [6.07, 6.45) is 4.73. The number of hydrogen-bond donors (Lipinski definition) is 1. The molecule has 1 fully saturated rings. The van der Waals surface area contributed by atoms with Gasteiger partial charge >= 0.3 is 0 Å². The van der Waals surface area contributed by atoms with Gasteiger partial charge < -0.3 is 10.2 Å². The van der Waals surface area contributed by atoms with Crippen LogP contribution in [0.2, 0.25) is 0 Å². The molecule has 3 rings (SSSR count). The fourth-order valence-electron chi connectivity index (χ4n) is 2.79. The van der Waals surface area contributed by atoms with Gasteiger partial charge in [0.15, 0.2) is 0 Å². The van der Waals surface area contributed by atoms with Gasteiger partial charge in [0.05, 0.1) is 0 Å². The standard InChI is InChI=1S/C17H24N6/c1-15-5-2-6-16(21-15)18-9-4-10-22-11-13-23(14-12-22)17-19-7-3-8-20-17/h2-3,5-8H,4,9-14H2,1H3,(H,18,21). The Morgan fingerprint density at radius 2 is 1.83 bits per heavy atom. The Labute approximate surface area is 137 Å². The SMILES string of the molecule is Cc1cccc(NCCCN2CCN(c3ncccn3)CC2)n1. The average molecular weight is 312 g/mol. The van der Waals surface area contributed by atoms with Gasteiger partial charge in [-0.2, -0.15) is 0 Å². The predicted octanol–water partition coefficient (Wildman–Crippen LogP) is 1.80. The van der Waals surface area contributed by atoms with Crippen LogP contribution in [-0.4, -0.2) is 59.1 Å². The normalized spacial score (nSPS) is 15.6. The highest BCUT2D eigenvalue weighted by atomic mass is 15.3. The third-order valence-corrected chi connectivity index (χ3v) is 4.05. The number of nitrogens with one attached hydrogen (secondary N) is 1. The topological polar surface area (TPSA) is 57.2 Å². The number of pyridine rings is 1. The summed E-state index contributed by atoms with van der Waals surface area (Å²) in [6.45, 7) is 8.22. The minimum Gasteiger partial charge on any atom is -0.370 e. The van der Waals surface area contributed by atoms with Crippen molar-refractivity contribution in [2.45, 2.75) is 13.3 Å². The molecular formula is C17H24N6. The average Bonchev–Trinajstić information content (AvgIpc) is 2.60. The number of aromatic nitrogens is 3. The molecule has 1 aliphatic rings. The summed E-state index contributed by atoms with van der Waals surface area (Å²) in [7, 11) is 0. The first-order valence-electron chi connectivity index (χ1n) is 8.23. The van der Waals surface area contributed by atoms with Crippen LogP contribution in [-0.2, 0) is 0 Å². The van der Waals surface area contributed by atoms with Crippen molar-refractivity contribution in [3.63, 3.8) is 0 Å². The fourth-order valence-corrected chi connectivity index (χ4v) is 2.79. The van der Waals surface area contributed by atoms with E-state index in [2.05, 4.69) is 30.1 Å². The second-order valence-corrected chi connectivity index (χ2v) is 5.82. The van der Waals surface area contributed by atoms with Crippen LogP contribution in [0.5, 0.6) is 0 Å². The van der Waals surface area contributed by atoms with E-state index in [0.717, 1.165) is 63.1 Å². The van der Waals surface area contributed by atoms with Crippen LogP contribution < -0.4 is 10.2 Å². The summed E-state index contributed by atoms with van der Waals surface area (Å²) in [5.74, 6) is 1.82. The summed E-state index contributed by atoms with van der Waals surface area (Å²) in [5.41, 5.74) is 1.05. The Morgan fingerprint density at radius 3 is 2.57 bits per heavy atom. The van der Waals surface area contributed by atoms with Gasteiger partial charge in [-0.15, -0.1) is 0 Å². The molecule has 6 heteroatoms. The molecule has 1 saturated heterocycles. The van der Waals surface area contributed by atoms with Crippen molar-refractivity contribution in [3.05, 3.63) is 42.4 Å². The minimum absolute atomic E-state index is 0.847. The zero-order valence-corrected chi connectivity index (χ0v) is 13.6. The van der Waals surface area contributed by atoms with Gasteiger partial charge in [-0.05, 0) is 38.1 Å². The smallest absolute Gasteiger partial charge is 0.225 e. The zero-order valence-electron chi connectivity index (χ0n) is 13.6. The van der Waals surface area contributed by atoms with Crippen LogP contribution in [0.25, 0.3) is 0 Å². The van der Waals surface area contributed by atoms with E-state index in [-0.39, 0.29) is 0 Å². The summed E-state index contributed by atoms with van der Waals surface area (Å²) < 4.78 is 0. The third-order valence-electron chi connectivity index (χ3n) is 4.05. The maximum absolute atomic E-state index is 4.46. The van der Waals surface area contributed by atoms with Crippen LogP contribution >= 0.6 is 0 Å². The van der Waals surface area contributed by atoms with E-state index >= 15 is 0 Å². The number of aryl methyl sites for hydroxylation is 1. The molecule has 0 aromatic carbocycles. The summed E-state index contributed by atoms with van der Waals surface area (Å²) in [5, 5.41) is 3.39. The van der Waals surface area contributed by atoms with E-state index in [0.29, 0.717) is 0 Å². The Morgan fingerprint density at radius 1 is 1.04 bits per heavy atom. The summed E-state index contributed by atoms with van der Waals surface area (Å²) >= 11 is 0. The third kappa shape index (κ3) is 4.63. The highest BCUT2D eigenvalue weighted by Gasteiger charge is 2.17. The van der Waals surface area contributed by atoms with Crippen LogP contribution in [0.4, 0.5) is 11.8 Å². The molecule has 23 heavy (non-hydrogen) atoms. The number of piperazine rings is 1. The molecule has 0 saturated carbocycles. The minimum atomic E-state index is 0.847. The lowest BCUT2D eigenvalue weighted by Gasteiger charge is -2.34. The van der Waals surface area contributed by atoms with Crippen molar-refractivity contribution in [1.29, 1.82) is 0 Å².